The Bertz CT molecular complexity index is 879. The minimum absolute atomic E-state index is 0.0104. The van der Waals surface area contributed by atoms with Crippen LogP contribution in [-0.4, -0.2) is 22.5 Å². The second kappa shape index (κ2) is 9.00. The Labute approximate surface area is 168 Å². The van der Waals surface area contributed by atoms with E-state index in [9.17, 15) is 14.9 Å². The summed E-state index contributed by atoms with van der Waals surface area (Å²) in [6, 6.07) is 8.61. The molecule has 26 heavy (non-hydrogen) atoms. The van der Waals surface area contributed by atoms with Crippen molar-refractivity contribution in [2.45, 2.75) is 0 Å². The summed E-state index contributed by atoms with van der Waals surface area (Å²) in [7, 11) is 0. The minimum Gasteiger partial charge on any atom is -0.482 e. The molecule has 7 nitrogen and oxygen atoms in total. The Hall–Kier alpha value is -2.13. The molecule has 1 amide bonds. The van der Waals surface area contributed by atoms with Crippen LogP contribution in [0.15, 0.2) is 36.4 Å². The molecule has 0 bridgehead atoms. The van der Waals surface area contributed by atoms with Crippen molar-refractivity contribution in [3.8, 4) is 5.75 Å². The summed E-state index contributed by atoms with van der Waals surface area (Å²) < 4.78 is 5.27. The maximum atomic E-state index is 11.9. The molecule has 0 heterocycles. The second-order valence-corrected chi connectivity index (χ2v) is 6.45. The van der Waals surface area contributed by atoms with E-state index in [4.69, 9.17) is 51.8 Å². The number of amides is 1. The first-order chi connectivity index (χ1) is 12.3. The van der Waals surface area contributed by atoms with Gasteiger partial charge in [-0.05, 0) is 42.5 Å². The average molecular weight is 435 g/mol. The molecule has 0 atom stereocenters. The lowest BCUT2D eigenvalue weighted by Crippen LogP contribution is -2.37. The summed E-state index contributed by atoms with van der Waals surface area (Å²) in [5.41, 5.74) is 0.0135. The number of anilines is 1. The van der Waals surface area contributed by atoms with Gasteiger partial charge in [0, 0.05) is 16.8 Å². The first-order valence-corrected chi connectivity index (χ1v) is 8.43. The molecule has 0 aliphatic carbocycles. The Morgan fingerprint density at radius 3 is 2.54 bits per heavy atom. The Morgan fingerprint density at radius 1 is 1.15 bits per heavy atom. The van der Waals surface area contributed by atoms with Gasteiger partial charge in [-0.2, -0.15) is 0 Å². The van der Waals surface area contributed by atoms with Gasteiger partial charge >= 0.3 is 0 Å². The molecule has 0 aromatic heterocycles. The molecule has 136 valence electrons. The molecule has 0 fully saturated rings. The van der Waals surface area contributed by atoms with E-state index in [0.717, 1.165) is 0 Å². The van der Waals surface area contributed by atoms with Gasteiger partial charge in [-0.3, -0.25) is 20.2 Å². The number of hydrogen-bond donors (Lipinski definition) is 2. The SMILES string of the molecule is O=C(COc1ccc(Cl)cc1Cl)NC(=S)Nc1ccc(Cl)c([N+](=O)[O-])c1. The predicted molar refractivity (Wildman–Crippen MR) is 104 cm³/mol. The van der Waals surface area contributed by atoms with Gasteiger partial charge in [0.1, 0.15) is 10.8 Å². The molecule has 2 N–H and O–H groups in total. The normalized spacial score (nSPS) is 10.1. The third-order valence-electron chi connectivity index (χ3n) is 2.91. The van der Waals surface area contributed by atoms with Crippen LogP contribution in [0.2, 0.25) is 15.1 Å². The number of nitrogens with one attached hydrogen (secondary N) is 2. The lowest BCUT2D eigenvalue weighted by molar-refractivity contribution is -0.384. The van der Waals surface area contributed by atoms with Crippen molar-refractivity contribution in [3.05, 3.63) is 61.6 Å². The van der Waals surface area contributed by atoms with Gasteiger partial charge < -0.3 is 10.1 Å². The number of hydrogen-bond acceptors (Lipinski definition) is 5. The zero-order valence-corrected chi connectivity index (χ0v) is 15.9. The first kappa shape index (κ1) is 20.2. The fraction of sp³-hybridized carbons (Fsp3) is 0.0667. The van der Waals surface area contributed by atoms with Crippen LogP contribution in [0.4, 0.5) is 11.4 Å². The molecule has 0 saturated heterocycles. The Morgan fingerprint density at radius 2 is 1.88 bits per heavy atom. The third kappa shape index (κ3) is 5.70. The summed E-state index contributed by atoms with van der Waals surface area (Å²) in [6.07, 6.45) is 0. The summed E-state index contributed by atoms with van der Waals surface area (Å²) in [6.45, 7) is -0.343. The van der Waals surface area contributed by atoms with Crippen molar-refractivity contribution in [3.63, 3.8) is 0 Å². The van der Waals surface area contributed by atoms with E-state index in [1.54, 1.807) is 6.07 Å². The van der Waals surface area contributed by atoms with Crippen LogP contribution in [-0.2, 0) is 4.79 Å². The monoisotopic (exact) mass is 433 g/mol. The highest BCUT2D eigenvalue weighted by Gasteiger charge is 2.14. The van der Waals surface area contributed by atoms with Crippen LogP contribution in [0.25, 0.3) is 0 Å². The van der Waals surface area contributed by atoms with E-state index in [1.165, 1.54) is 30.3 Å². The van der Waals surface area contributed by atoms with Crippen LogP contribution >= 0.6 is 47.0 Å². The third-order valence-corrected chi connectivity index (χ3v) is 3.96. The van der Waals surface area contributed by atoms with Crippen molar-refractivity contribution < 1.29 is 14.5 Å². The molecule has 11 heteroatoms. The zero-order chi connectivity index (χ0) is 19.3. The average Bonchev–Trinajstić information content (AvgIpc) is 2.55. The van der Waals surface area contributed by atoms with Gasteiger partial charge in [0.2, 0.25) is 0 Å². The molecular formula is C15H10Cl3N3O4S. The number of carbonyl (C=O) groups excluding carboxylic acids is 1. The number of nitro groups is 1. The smallest absolute Gasteiger partial charge is 0.289 e. The second-order valence-electron chi connectivity index (χ2n) is 4.79. The van der Waals surface area contributed by atoms with Crippen molar-refractivity contribution >= 4 is 69.4 Å². The number of ether oxygens (including phenoxy) is 1. The lowest BCUT2D eigenvalue weighted by atomic mass is 10.3. The number of nitrogens with zero attached hydrogens (tertiary/aromatic N) is 1. The summed E-state index contributed by atoms with van der Waals surface area (Å²) in [4.78, 5) is 22.1. The molecule has 0 radical (unpaired) electrons. The molecule has 0 unspecified atom stereocenters. The first-order valence-electron chi connectivity index (χ1n) is 6.89. The van der Waals surface area contributed by atoms with Crippen molar-refractivity contribution in [1.29, 1.82) is 0 Å². The highest BCUT2D eigenvalue weighted by Crippen LogP contribution is 2.28. The molecule has 0 saturated carbocycles. The van der Waals surface area contributed by atoms with Crippen molar-refractivity contribution in [2.24, 2.45) is 0 Å². The minimum atomic E-state index is -0.626. The highest BCUT2D eigenvalue weighted by atomic mass is 35.5. The Balaban J connectivity index is 1.90. The van der Waals surface area contributed by atoms with E-state index >= 15 is 0 Å². The lowest BCUT2D eigenvalue weighted by Gasteiger charge is -2.11. The van der Waals surface area contributed by atoms with Crippen LogP contribution in [0, 0.1) is 10.1 Å². The maximum absolute atomic E-state index is 11.9. The predicted octanol–water partition coefficient (Wildman–Crippen LogP) is 4.45. The Kier molecular flexibility index (Phi) is 6.98. The topological polar surface area (TPSA) is 93.5 Å². The molecule has 2 aromatic rings. The molecule has 2 rings (SSSR count). The summed E-state index contributed by atoms with van der Waals surface area (Å²) in [5, 5.41) is 16.5. The standard InChI is InChI=1S/C15H10Cl3N3O4S/c16-8-1-4-13(11(18)5-8)25-7-14(22)20-15(26)19-9-2-3-10(17)12(6-9)21(23)24/h1-6H,7H2,(H2,19,20,22,26). The largest absolute Gasteiger partial charge is 0.482 e. The van der Waals surface area contributed by atoms with E-state index < -0.39 is 10.8 Å². The van der Waals surface area contributed by atoms with Gasteiger partial charge in [-0.1, -0.05) is 34.8 Å². The fourth-order valence-electron chi connectivity index (χ4n) is 1.79. The summed E-state index contributed by atoms with van der Waals surface area (Å²) >= 11 is 22.4. The number of halogens is 3. The van der Waals surface area contributed by atoms with Crippen LogP contribution < -0.4 is 15.4 Å². The molecule has 0 aliphatic rings. The van der Waals surface area contributed by atoms with E-state index in [2.05, 4.69) is 10.6 Å². The van der Waals surface area contributed by atoms with Crippen molar-refractivity contribution in [1.82, 2.24) is 5.32 Å². The number of rotatable bonds is 5. The van der Waals surface area contributed by atoms with Gasteiger partial charge in [0.05, 0.1) is 9.95 Å². The highest BCUT2D eigenvalue weighted by molar-refractivity contribution is 7.80. The van der Waals surface area contributed by atoms with Crippen LogP contribution in [0.5, 0.6) is 5.75 Å². The number of nitro benzene ring substituents is 1. The fourth-order valence-corrected chi connectivity index (χ4v) is 2.67. The van der Waals surface area contributed by atoms with Crippen molar-refractivity contribution in [2.75, 3.05) is 11.9 Å². The van der Waals surface area contributed by atoms with Gasteiger partial charge in [0.15, 0.2) is 11.7 Å². The zero-order valence-electron chi connectivity index (χ0n) is 12.8. The summed E-state index contributed by atoms with van der Waals surface area (Å²) in [5.74, 6) is -0.254. The molecule has 0 aliphatic heterocycles. The van der Waals surface area contributed by atoms with E-state index in [0.29, 0.717) is 16.5 Å². The van der Waals surface area contributed by atoms with Gasteiger partial charge in [0.25, 0.3) is 11.6 Å². The van der Waals surface area contributed by atoms with Crippen LogP contribution in [0.3, 0.4) is 0 Å². The van der Waals surface area contributed by atoms with Gasteiger partial charge in [-0.15, -0.1) is 0 Å². The quantitative estimate of drug-likeness (QED) is 0.410. The number of thiocarbonyl (C=S) groups is 1. The number of carbonyl (C=O) groups is 1. The molecule has 0 spiro atoms. The molecule has 2 aromatic carbocycles. The van der Waals surface area contributed by atoms with Crippen LogP contribution in [0.1, 0.15) is 0 Å². The molecular weight excluding hydrogens is 425 g/mol. The van der Waals surface area contributed by atoms with E-state index in [1.807, 2.05) is 0 Å². The van der Waals surface area contributed by atoms with Gasteiger partial charge in [-0.25, -0.2) is 0 Å². The van der Waals surface area contributed by atoms with E-state index in [-0.39, 0.29) is 27.5 Å². The maximum Gasteiger partial charge on any atom is 0.289 e. The number of benzene rings is 2.